The highest BCUT2D eigenvalue weighted by Crippen LogP contribution is 2.23. The number of methoxy groups -OCH3 is 1. The van der Waals surface area contributed by atoms with Gasteiger partial charge in [0.05, 0.1) is 19.5 Å². The van der Waals surface area contributed by atoms with Gasteiger partial charge in [-0.25, -0.2) is 0 Å². The number of anilines is 1. The van der Waals surface area contributed by atoms with Crippen molar-refractivity contribution in [2.45, 2.75) is 39.2 Å². The first-order valence-corrected chi connectivity index (χ1v) is 7.54. The summed E-state index contributed by atoms with van der Waals surface area (Å²) in [4.78, 5) is 11.1. The van der Waals surface area contributed by atoms with Crippen LogP contribution in [0.4, 0.5) is 5.82 Å². The highest BCUT2D eigenvalue weighted by atomic mass is 16.5. The Morgan fingerprint density at radius 1 is 1.40 bits per heavy atom. The zero-order chi connectivity index (χ0) is 14.4. The summed E-state index contributed by atoms with van der Waals surface area (Å²) < 4.78 is 5.18. The highest BCUT2D eigenvalue weighted by Gasteiger charge is 2.23. The number of ether oxygens (including phenoxy) is 1. The molecular weight excluding hydrogens is 252 g/mol. The Balaban J connectivity index is 2.01. The standard InChI is InChI=1S/C15H26N4O/c1-12(2)8-16-9-13-6-4-5-7-19(13)14-10-17-11-15(18-14)20-3/h10-13,16H,4-9H2,1-3H3. The van der Waals surface area contributed by atoms with Gasteiger partial charge in [0.2, 0.25) is 5.88 Å². The summed E-state index contributed by atoms with van der Waals surface area (Å²) in [7, 11) is 1.63. The van der Waals surface area contributed by atoms with Gasteiger partial charge in [-0.2, -0.15) is 4.98 Å². The summed E-state index contributed by atoms with van der Waals surface area (Å²) in [6, 6.07) is 0.504. The van der Waals surface area contributed by atoms with E-state index in [1.807, 2.05) is 6.20 Å². The minimum atomic E-state index is 0.504. The molecule has 2 rings (SSSR count). The second kappa shape index (κ2) is 7.43. The topological polar surface area (TPSA) is 50.3 Å². The molecule has 5 nitrogen and oxygen atoms in total. The SMILES string of the molecule is COc1cncc(N2CCCCC2CNCC(C)C)n1. The Labute approximate surface area is 121 Å². The average molecular weight is 278 g/mol. The van der Waals surface area contributed by atoms with Crippen LogP contribution in [0.3, 0.4) is 0 Å². The van der Waals surface area contributed by atoms with Gasteiger partial charge in [-0.15, -0.1) is 0 Å². The molecule has 1 aromatic heterocycles. The molecule has 0 bridgehead atoms. The van der Waals surface area contributed by atoms with Gasteiger partial charge < -0.3 is 15.0 Å². The van der Waals surface area contributed by atoms with Crippen LogP contribution in [0.15, 0.2) is 12.4 Å². The average Bonchev–Trinajstić information content (AvgIpc) is 2.47. The van der Waals surface area contributed by atoms with E-state index in [1.54, 1.807) is 13.3 Å². The fourth-order valence-corrected chi connectivity index (χ4v) is 2.63. The number of hydrogen-bond acceptors (Lipinski definition) is 5. The van der Waals surface area contributed by atoms with Crippen molar-refractivity contribution in [3.8, 4) is 5.88 Å². The maximum atomic E-state index is 5.18. The lowest BCUT2D eigenvalue weighted by molar-refractivity contribution is 0.390. The van der Waals surface area contributed by atoms with Crippen LogP contribution in [0, 0.1) is 5.92 Å². The molecule has 112 valence electrons. The third kappa shape index (κ3) is 4.07. The molecule has 0 aromatic carbocycles. The lowest BCUT2D eigenvalue weighted by Crippen LogP contribution is -2.46. The third-order valence-corrected chi connectivity index (χ3v) is 3.66. The van der Waals surface area contributed by atoms with Crippen LogP contribution >= 0.6 is 0 Å². The van der Waals surface area contributed by atoms with E-state index in [9.17, 15) is 0 Å². The Morgan fingerprint density at radius 3 is 3.00 bits per heavy atom. The molecule has 2 heterocycles. The predicted octanol–water partition coefficient (Wildman–Crippen LogP) is 2.09. The largest absolute Gasteiger partial charge is 0.480 e. The van der Waals surface area contributed by atoms with Gasteiger partial charge >= 0.3 is 0 Å². The van der Waals surface area contributed by atoms with Gasteiger partial charge in [-0.3, -0.25) is 4.98 Å². The normalized spacial score (nSPS) is 19.4. The Hall–Kier alpha value is -1.36. The predicted molar refractivity (Wildman–Crippen MR) is 81.3 cm³/mol. The molecule has 1 saturated heterocycles. The van der Waals surface area contributed by atoms with E-state index < -0.39 is 0 Å². The molecule has 5 heteroatoms. The van der Waals surface area contributed by atoms with Crippen molar-refractivity contribution in [1.82, 2.24) is 15.3 Å². The van der Waals surface area contributed by atoms with Gasteiger partial charge in [0.25, 0.3) is 0 Å². The summed E-state index contributed by atoms with van der Waals surface area (Å²) in [6.07, 6.45) is 7.22. The lowest BCUT2D eigenvalue weighted by Gasteiger charge is -2.36. The summed E-state index contributed by atoms with van der Waals surface area (Å²) in [5.41, 5.74) is 0. The molecule has 0 aliphatic carbocycles. The first-order valence-electron chi connectivity index (χ1n) is 7.54. The van der Waals surface area contributed by atoms with Crippen molar-refractivity contribution < 1.29 is 4.74 Å². The molecular formula is C15H26N4O. The smallest absolute Gasteiger partial charge is 0.233 e. The van der Waals surface area contributed by atoms with Crippen molar-refractivity contribution in [2.24, 2.45) is 5.92 Å². The fourth-order valence-electron chi connectivity index (χ4n) is 2.63. The van der Waals surface area contributed by atoms with Crippen molar-refractivity contribution in [1.29, 1.82) is 0 Å². The van der Waals surface area contributed by atoms with Crippen LogP contribution in [-0.4, -0.2) is 42.8 Å². The van der Waals surface area contributed by atoms with Crippen LogP contribution in [-0.2, 0) is 0 Å². The minimum Gasteiger partial charge on any atom is -0.480 e. The second-order valence-corrected chi connectivity index (χ2v) is 5.81. The van der Waals surface area contributed by atoms with Gasteiger partial charge in [0.1, 0.15) is 0 Å². The van der Waals surface area contributed by atoms with E-state index in [4.69, 9.17) is 4.74 Å². The van der Waals surface area contributed by atoms with Crippen molar-refractivity contribution in [3.63, 3.8) is 0 Å². The first-order chi connectivity index (χ1) is 9.70. The van der Waals surface area contributed by atoms with Crippen molar-refractivity contribution >= 4 is 5.82 Å². The van der Waals surface area contributed by atoms with E-state index in [2.05, 4.69) is 34.0 Å². The fraction of sp³-hybridized carbons (Fsp3) is 0.733. The molecule has 20 heavy (non-hydrogen) atoms. The van der Waals surface area contributed by atoms with Crippen molar-refractivity contribution in [2.75, 3.05) is 31.6 Å². The van der Waals surface area contributed by atoms with Gasteiger partial charge in [-0.05, 0) is 31.7 Å². The molecule has 1 aliphatic rings. The lowest BCUT2D eigenvalue weighted by atomic mass is 10.0. The van der Waals surface area contributed by atoms with E-state index in [0.717, 1.165) is 25.5 Å². The monoisotopic (exact) mass is 278 g/mol. The van der Waals surface area contributed by atoms with Crippen LogP contribution in [0.1, 0.15) is 33.1 Å². The molecule has 0 saturated carbocycles. The Morgan fingerprint density at radius 2 is 2.25 bits per heavy atom. The number of piperidine rings is 1. The number of nitrogens with zero attached hydrogens (tertiary/aromatic N) is 3. The first kappa shape index (κ1) is 15.0. The van der Waals surface area contributed by atoms with Crippen molar-refractivity contribution in [3.05, 3.63) is 12.4 Å². The maximum Gasteiger partial charge on any atom is 0.233 e. The second-order valence-electron chi connectivity index (χ2n) is 5.81. The summed E-state index contributed by atoms with van der Waals surface area (Å²) in [5, 5.41) is 3.56. The number of aromatic nitrogens is 2. The van der Waals surface area contributed by atoms with E-state index in [-0.39, 0.29) is 0 Å². The van der Waals surface area contributed by atoms with E-state index >= 15 is 0 Å². The van der Waals surface area contributed by atoms with Crippen LogP contribution in [0.2, 0.25) is 0 Å². The summed E-state index contributed by atoms with van der Waals surface area (Å²) in [6.45, 7) is 7.60. The quantitative estimate of drug-likeness (QED) is 0.863. The highest BCUT2D eigenvalue weighted by molar-refractivity contribution is 5.39. The van der Waals surface area contributed by atoms with Crippen LogP contribution < -0.4 is 15.0 Å². The Kier molecular flexibility index (Phi) is 5.59. The van der Waals surface area contributed by atoms with Crippen LogP contribution in [0.25, 0.3) is 0 Å². The third-order valence-electron chi connectivity index (χ3n) is 3.66. The van der Waals surface area contributed by atoms with E-state index in [1.165, 1.54) is 19.3 Å². The zero-order valence-corrected chi connectivity index (χ0v) is 12.8. The molecule has 1 fully saturated rings. The van der Waals surface area contributed by atoms with E-state index in [0.29, 0.717) is 17.8 Å². The zero-order valence-electron chi connectivity index (χ0n) is 12.8. The number of nitrogens with one attached hydrogen (secondary N) is 1. The van der Waals surface area contributed by atoms with Gasteiger partial charge in [-0.1, -0.05) is 13.8 Å². The molecule has 1 aromatic rings. The molecule has 1 aliphatic heterocycles. The molecule has 1 N–H and O–H groups in total. The maximum absolute atomic E-state index is 5.18. The van der Waals surface area contributed by atoms with Crippen LogP contribution in [0.5, 0.6) is 5.88 Å². The number of hydrogen-bond donors (Lipinski definition) is 1. The summed E-state index contributed by atoms with van der Waals surface area (Å²) in [5.74, 6) is 2.20. The van der Waals surface area contributed by atoms with Gasteiger partial charge in [0.15, 0.2) is 5.82 Å². The Bertz CT molecular complexity index is 411. The minimum absolute atomic E-state index is 0.504. The van der Waals surface area contributed by atoms with Gasteiger partial charge in [0, 0.05) is 19.1 Å². The molecule has 0 radical (unpaired) electrons. The molecule has 1 atom stereocenters. The summed E-state index contributed by atoms with van der Waals surface area (Å²) >= 11 is 0. The number of rotatable bonds is 6. The molecule has 0 spiro atoms. The molecule has 0 amide bonds. The molecule has 1 unspecified atom stereocenters.